The van der Waals surface area contributed by atoms with Crippen molar-refractivity contribution in [1.29, 1.82) is 0 Å². The molecule has 2 aromatic rings. The van der Waals surface area contributed by atoms with Crippen LogP contribution in [0.15, 0.2) is 59.6 Å². The van der Waals surface area contributed by atoms with Crippen LogP contribution in [0.3, 0.4) is 0 Å². The average molecular weight is 527 g/mol. The molecule has 0 amide bonds. The first kappa shape index (κ1) is 24.6. The van der Waals surface area contributed by atoms with E-state index >= 15 is 0 Å². The van der Waals surface area contributed by atoms with Gasteiger partial charge in [0.1, 0.15) is 5.82 Å². The fourth-order valence-corrected chi connectivity index (χ4v) is 3.29. The lowest BCUT2D eigenvalue weighted by atomic mass is 9.95. The molecule has 1 atom stereocenters. The maximum Gasteiger partial charge on any atom is 0.191 e. The minimum Gasteiger partial charge on any atom is -0.389 e. The molecule has 5 nitrogen and oxygen atoms in total. The van der Waals surface area contributed by atoms with Crippen molar-refractivity contribution in [1.82, 2.24) is 10.6 Å². The minimum atomic E-state index is -0.649. The van der Waals surface area contributed by atoms with Crippen LogP contribution in [0.4, 0.5) is 4.39 Å². The third-order valence-electron chi connectivity index (χ3n) is 5.11. The Hall–Kier alpha value is -1.71. The number of nitrogens with zero attached hydrogens (tertiary/aromatic N) is 1. The Morgan fingerprint density at radius 2 is 1.83 bits per heavy atom. The Bertz CT molecular complexity index is 800. The number of aliphatic imine (C=N–C) groups is 1. The van der Waals surface area contributed by atoms with Gasteiger partial charge in [-0.3, -0.25) is 4.99 Å². The second-order valence-corrected chi connectivity index (χ2v) is 7.49. The van der Waals surface area contributed by atoms with Gasteiger partial charge in [0.15, 0.2) is 5.96 Å². The summed E-state index contributed by atoms with van der Waals surface area (Å²) in [7, 11) is 0. The summed E-state index contributed by atoms with van der Waals surface area (Å²) in [4.78, 5) is 4.64. The number of hydrogen-bond donors (Lipinski definition) is 3. The Morgan fingerprint density at radius 1 is 1.13 bits per heavy atom. The molecular weight excluding hydrogens is 496 g/mol. The van der Waals surface area contributed by atoms with Gasteiger partial charge in [-0.2, -0.15) is 0 Å². The molecule has 1 fully saturated rings. The van der Waals surface area contributed by atoms with Crippen molar-refractivity contribution in [3.63, 3.8) is 0 Å². The summed E-state index contributed by atoms with van der Waals surface area (Å²) < 4.78 is 19.7. The van der Waals surface area contributed by atoms with Gasteiger partial charge in [0.05, 0.1) is 25.9 Å². The number of aliphatic hydroxyl groups excluding tert-OH is 1. The van der Waals surface area contributed by atoms with Gasteiger partial charge in [-0.1, -0.05) is 48.5 Å². The molecule has 0 heterocycles. The lowest BCUT2D eigenvalue weighted by Crippen LogP contribution is -2.42. The maximum absolute atomic E-state index is 14.2. The van der Waals surface area contributed by atoms with Crippen LogP contribution in [-0.2, 0) is 16.8 Å². The summed E-state index contributed by atoms with van der Waals surface area (Å²) in [5.41, 5.74) is 1.62. The first-order valence-electron chi connectivity index (χ1n) is 10.2. The van der Waals surface area contributed by atoms with Gasteiger partial charge in [-0.25, -0.2) is 4.39 Å². The van der Waals surface area contributed by atoms with E-state index < -0.39 is 6.10 Å². The van der Waals surface area contributed by atoms with Gasteiger partial charge in [-0.15, -0.1) is 24.0 Å². The third kappa shape index (κ3) is 7.21. The molecule has 164 valence electrons. The van der Waals surface area contributed by atoms with E-state index in [0.29, 0.717) is 32.2 Å². The second-order valence-electron chi connectivity index (χ2n) is 7.49. The Morgan fingerprint density at radius 3 is 2.50 bits per heavy atom. The van der Waals surface area contributed by atoms with E-state index in [1.54, 1.807) is 6.07 Å². The van der Waals surface area contributed by atoms with Gasteiger partial charge in [0.2, 0.25) is 0 Å². The van der Waals surface area contributed by atoms with Gasteiger partial charge in [0.25, 0.3) is 0 Å². The lowest BCUT2D eigenvalue weighted by Gasteiger charge is -2.18. The van der Waals surface area contributed by atoms with E-state index in [9.17, 15) is 9.50 Å². The summed E-state index contributed by atoms with van der Waals surface area (Å²) in [6.45, 7) is 4.24. The molecule has 1 unspecified atom stereocenters. The molecule has 0 spiro atoms. The normalized spacial score (nSPS) is 15.8. The van der Waals surface area contributed by atoms with Gasteiger partial charge >= 0.3 is 0 Å². The molecule has 0 saturated heterocycles. The van der Waals surface area contributed by atoms with Gasteiger partial charge in [-0.05, 0) is 37.0 Å². The number of hydrogen-bond acceptors (Lipinski definition) is 3. The molecule has 30 heavy (non-hydrogen) atoms. The predicted octanol–water partition coefficient (Wildman–Crippen LogP) is 3.61. The third-order valence-corrected chi connectivity index (χ3v) is 5.11. The van der Waals surface area contributed by atoms with Gasteiger partial charge < -0.3 is 20.5 Å². The maximum atomic E-state index is 14.2. The van der Waals surface area contributed by atoms with E-state index in [1.165, 1.54) is 6.07 Å². The van der Waals surface area contributed by atoms with E-state index in [0.717, 1.165) is 24.0 Å². The number of guanidine groups is 1. The number of rotatable bonds is 10. The van der Waals surface area contributed by atoms with Crippen LogP contribution in [0.2, 0.25) is 0 Å². The number of benzene rings is 2. The number of ether oxygens (including phenoxy) is 1. The first-order valence-corrected chi connectivity index (χ1v) is 10.2. The molecule has 1 aliphatic carbocycles. The van der Waals surface area contributed by atoms with Crippen LogP contribution in [0.1, 0.15) is 30.9 Å². The zero-order valence-corrected chi connectivity index (χ0v) is 19.6. The van der Waals surface area contributed by atoms with E-state index in [2.05, 4.69) is 15.6 Å². The monoisotopic (exact) mass is 527 g/mol. The number of aliphatic hydroxyl groups is 1. The quantitative estimate of drug-likeness (QED) is 0.251. The Balaban J connectivity index is 0.00000320. The standard InChI is InChI=1S/C23H30FN3O2.HI/c1-2-25-22(26-14-19(28)16-29-15-18-8-4-3-5-9-18)27-17-23(12-13-23)20-10-6-7-11-21(20)24;/h3-11,19,28H,2,12-17H2,1H3,(H2,25,26,27);1H. The van der Waals surface area contributed by atoms with Crippen molar-refractivity contribution < 1.29 is 14.2 Å². The van der Waals surface area contributed by atoms with Crippen molar-refractivity contribution in [2.75, 3.05) is 26.2 Å². The van der Waals surface area contributed by atoms with Crippen LogP contribution in [0, 0.1) is 5.82 Å². The summed E-state index contributed by atoms with van der Waals surface area (Å²) in [5.74, 6) is 0.460. The lowest BCUT2D eigenvalue weighted by molar-refractivity contribution is 0.0308. The summed E-state index contributed by atoms with van der Waals surface area (Å²) in [6.07, 6.45) is 1.23. The highest BCUT2D eigenvalue weighted by Gasteiger charge is 2.45. The second kappa shape index (κ2) is 12.2. The van der Waals surface area contributed by atoms with Crippen LogP contribution in [0.5, 0.6) is 0 Å². The van der Waals surface area contributed by atoms with E-state index in [1.807, 2.05) is 49.4 Å². The molecule has 3 rings (SSSR count). The zero-order valence-electron chi connectivity index (χ0n) is 17.3. The average Bonchev–Trinajstić information content (AvgIpc) is 3.52. The highest BCUT2D eigenvalue weighted by molar-refractivity contribution is 14.0. The minimum absolute atomic E-state index is 0. The Labute approximate surface area is 195 Å². The summed E-state index contributed by atoms with van der Waals surface area (Å²) >= 11 is 0. The van der Waals surface area contributed by atoms with Crippen LogP contribution >= 0.6 is 24.0 Å². The summed E-state index contributed by atoms with van der Waals surface area (Å²) in [6, 6.07) is 16.8. The van der Waals surface area contributed by atoms with E-state index in [-0.39, 0.29) is 41.8 Å². The smallest absolute Gasteiger partial charge is 0.191 e. The molecule has 2 aromatic carbocycles. The molecule has 0 aromatic heterocycles. The molecular formula is C23H31FIN3O2. The Kier molecular flexibility index (Phi) is 10.0. The largest absolute Gasteiger partial charge is 0.389 e. The fraction of sp³-hybridized carbons (Fsp3) is 0.435. The van der Waals surface area contributed by atoms with Crippen molar-refractivity contribution >= 4 is 29.9 Å². The van der Waals surface area contributed by atoms with E-state index in [4.69, 9.17) is 4.74 Å². The van der Waals surface area contributed by atoms with Gasteiger partial charge in [0, 0.05) is 18.5 Å². The zero-order chi connectivity index (χ0) is 20.5. The topological polar surface area (TPSA) is 65.9 Å². The van der Waals surface area contributed by atoms with Crippen LogP contribution < -0.4 is 10.6 Å². The van der Waals surface area contributed by atoms with Crippen LogP contribution in [0.25, 0.3) is 0 Å². The van der Waals surface area contributed by atoms with Crippen molar-refractivity contribution in [3.05, 3.63) is 71.5 Å². The highest BCUT2D eigenvalue weighted by atomic mass is 127. The van der Waals surface area contributed by atoms with Crippen molar-refractivity contribution in [3.8, 4) is 0 Å². The number of halogens is 2. The van der Waals surface area contributed by atoms with Crippen LogP contribution in [-0.4, -0.2) is 43.4 Å². The molecule has 1 saturated carbocycles. The molecule has 0 bridgehead atoms. The molecule has 0 aliphatic heterocycles. The number of nitrogens with one attached hydrogen (secondary N) is 2. The highest BCUT2D eigenvalue weighted by Crippen LogP contribution is 2.49. The molecule has 1 aliphatic rings. The van der Waals surface area contributed by atoms with Crippen molar-refractivity contribution in [2.45, 2.75) is 37.9 Å². The molecule has 0 radical (unpaired) electrons. The summed E-state index contributed by atoms with van der Waals surface area (Å²) in [5, 5.41) is 16.5. The predicted molar refractivity (Wildman–Crippen MR) is 129 cm³/mol. The molecule has 7 heteroatoms. The SMILES string of the molecule is CCNC(=NCC1(c2ccccc2F)CC1)NCC(O)COCc1ccccc1.I. The van der Waals surface area contributed by atoms with Crippen molar-refractivity contribution in [2.24, 2.45) is 4.99 Å². The first-order chi connectivity index (χ1) is 14.1. The fourth-order valence-electron chi connectivity index (χ4n) is 3.29. The molecule has 3 N–H and O–H groups in total.